The molecule has 1 saturated heterocycles. The lowest BCUT2D eigenvalue weighted by Gasteiger charge is -2.30. The molecule has 25 heavy (non-hydrogen) atoms. The van der Waals surface area contributed by atoms with Gasteiger partial charge >= 0.3 is 12.0 Å². The van der Waals surface area contributed by atoms with Crippen LogP contribution in [0.4, 0.5) is 14.3 Å². The normalized spacial score (nSPS) is 17.3. The molecule has 1 aliphatic heterocycles. The minimum Gasteiger partial charge on any atom is -0.481 e. The number of halogens is 1. The molecule has 1 aliphatic rings. The third kappa shape index (κ3) is 4.54. The third-order valence-corrected chi connectivity index (χ3v) is 5.03. The Kier molecular flexibility index (Phi) is 5.28. The van der Waals surface area contributed by atoms with Gasteiger partial charge in [-0.15, -0.1) is 11.3 Å². The number of urea groups is 1. The number of nitrogens with zero attached hydrogens (tertiary/aromatic N) is 2. The number of nitrogens with one attached hydrogen (secondary N) is 1. The summed E-state index contributed by atoms with van der Waals surface area (Å²) < 4.78 is 12.9. The maximum atomic E-state index is 12.9. The highest BCUT2D eigenvalue weighted by atomic mass is 32.1. The van der Waals surface area contributed by atoms with Crippen molar-refractivity contribution in [2.75, 3.05) is 18.4 Å². The van der Waals surface area contributed by atoms with E-state index in [-0.39, 0.29) is 18.4 Å². The number of hydrogen-bond acceptors (Lipinski definition) is 4. The largest absolute Gasteiger partial charge is 0.481 e. The molecular formula is C17H18FN3O3S. The number of aliphatic carboxylic acids is 1. The number of anilines is 1. The quantitative estimate of drug-likeness (QED) is 0.874. The smallest absolute Gasteiger partial charge is 0.323 e. The number of amides is 2. The number of carboxylic acid groups (broad SMARTS) is 1. The van der Waals surface area contributed by atoms with Gasteiger partial charge < -0.3 is 10.0 Å². The van der Waals surface area contributed by atoms with Gasteiger partial charge in [0.05, 0.1) is 5.92 Å². The van der Waals surface area contributed by atoms with Gasteiger partial charge in [-0.05, 0) is 30.5 Å². The zero-order valence-corrected chi connectivity index (χ0v) is 14.3. The minimum atomic E-state index is -0.867. The second-order valence-electron chi connectivity index (χ2n) is 5.99. The molecule has 1 aromatic carbocycles. The lowest BCUT2D eigenvalue weighted by atomic mass is 9.99. The zero-order chi connectivity index (χ0) is 17.8. The number of carboxylic acids is 1. The monoisotopic (exact) mass is 363 g/mol. The Labute approximate surface area is 148 Å². The Morgan fingerprint density at radius 1 is 1.36 bits per heavy atom. The molecule has 1 atom stereocenters. The first-order chi connectivity index (χ1) is 12.0. The van der Waals surface area contributed by atoms with Crippen LogP contribution in [0, 0.1) is 11.7 Å². The number of benzene rings is 1. The van der Waals surface area contributed by atoms with E-state index in [1.54, 1.807) is 18.3 Å². The van der Waals surface area contributed by atoms with Crippen LogP contribution in [0.5, 0.6) is 0 Å². The summed E-state index contributed by atoms with van der Waals surface area (Å²) in [5.74, 6) is -1.65. The molecule has 0 saturated carbocycles. The maximum absolute atomic E-state index is 12.9. The first-order valence-electron chi connectivity index (χ1n) is 7.99. The van der Waals surface area contributed by atoms with Crippen LogP contribution < -0.4 is 5.32 Å². The molecular weight excluding hydrogens is 345 g/mol. The second-order valence-corrected chi connectivity index (χ2v) is 7.10. The standard InChI is InChI=1S/C17H18FN3O3S/c18-13-5-3-11(4-6-13)8-14-9-19-16(25-14)20-17(24)21-7-1-2-12(10-21)15(22)23/h3-6,9,12H,1-2,7-8,10H2,(H,22,23)(H,19,20,24)/t12-/m1/s1. The van der Waals surface area contributed by atoms with E-state index < -0.39 is 11.9 Å². The lowest BCUT2D eigenvalue weighted by Crippen LogP contribution is -2.44. The predicted octanol–water partition coefficient (Wildman–Crippen LogP) is 3.20. The first kappa shape index (κ1) is 17.3. The molecule has 0 radical (unpaired) electrons. The number of hydrogen-bond donors (Lipinski definition) is 2. The molecule has 0 aliphatic carbocycles. The molecule has 8 heteroatoms. The highest BCUT2D eigenvalue weighted by Gasteiger charge is 2.28. The number of thiazole rings is 1. The van der Waals surface area contributed by atoms with Gasteiger partial charge in [-0.3, -0.25) is 10.1 Å². The van der Waals surface area contributed by atoms with Crippen LogP contribution in [-0.2, 0) is 11.2 Å². The maximum Gasteiger partial charge on any atom is 0.323 e. The molecule has 1 aromatic heterocycles. The predicted molar refractivity (Wildman–Crippen MR) is 92.3 cm³/mol. The van der Waals surface area contributed by atoms with Crippen LogP contribution in [-0.4, -0.2) is 40.1 Å². The van der Waals surface area contributed by atoms with Gasteiger partial charge in [0, 0.05) is 30.6 Å². The summed E-state index contributed by atoms with van der Waals surface area (Å²) in [6, 6.07) is 5.93. The number of likely N-dealkylation sites (tertiary alicyclic amines) is 1. The van der Waals surface area contributed by atoms with Gasteiger partial charge in [-0.25, -0.2) is 14.2 Å². The summed E-state index contributed by atoms with van der Waals surface area (Å²) in [6.45, 7) is 0.762. The molecule has 132 valence electrons. The lowest BCUT2D eigenvalue weighted by molar-refractivity contribution is -0.143. The van der Waals surface area contributed by atoms with Crippen molar-refractivity contribution in [2.24, 2.45) is 5.92 Å². The van der Waals surface area contributed by atoms with Crippen molar-refractivity contribution in [3.63, 3.8) is 0 Å². The summed E-state index contributed by atoms with van der Waals surface area (Å²) in [7, 11) is 0. The van der Waals surface area contributed by atoms with E-state index in [1.165, 1.54) is 28.4 Å². The van der Waals surface area contributed by atoms with Crippen LogP contribution in [0.25, 0.3) is 0 Å². The van der Waals surface area contributed by atoms with E-state index in [1.807, 2.05) is 0 Å². The molecule has 2 amide bonds. The third-order valence-electron chi connectivity index (χ3n) is 4.12. The van der Waals surface area contributed by atoms with Crippen LogP contribution in [0.3, 0.4) is 0 Å². The molecule has 3 rings (SSSR count). The Morgan fingerprint density at radius 2 is 2.12 bits per heavy atom. The molecule has 2 heterocycles. The molecule has 1 fully saturated rings. The molecule has 2 aromatic rings. The molecule has 0 unspecified atom stereocenters. The zero-order valence-electron chi connectivity index (χ0n) is 13.4. The summed E-state index contributed by atoms with van der Waals surface area (Å²) in [5, 5.41) is 12.3. The van der Waals surface area contributed by atoms with Crippen molar-refractivity contribution in [3.05, 3.63) is 46.7 Å². The van der Waals surface area contributed by atoms with Crippen molar-refractivity contribution < 1.29 is 19.1 Å². The van der Waals surface area contributed by atoms with Gasteiger partial charge in [-0.1, -0.05) is 12.1 Å². The summed E-state index contributed by atoms with van der Waals surface area (Å²) in [4.78, 5) is 30.0. The Bertz CT molecular complexity index is 763. The van der Waals surface area contributed by atoms with E-state index in [4.69, 9.17) is 5.11 Å². The van der Waals surface area contributed by atoms with E-state index in [9.17, 15) is 14.0 Å². The van der Waals surface area contributed by atoms with E-state index in [0.29, 0.717) is 30.9 Å². The second kappa shape index (κ2) is 7.60. The number of piperidine rings is 1. The van der Waals surface area contributed by atoms with E-state index >= 15 is 0 Å². The van der Waals surface area contributed by atoms with Gasteiger partial charge in [-0.2, -0.15) is 0 Å². The average molecular weight is 363 g/mol. The Morgan fingerprint density at radius 3 is 2.84 bits per heavy atom. The van der Waals surface area contributed by atoms with Gasteiger partial charge in [0.25, 0.3) is 0 Å². The number of carbonyl (C=O) groups is 2. The van der Waals surface area contributed by atoms with Crippen molar-refractivity contribution in [1.82, 2.24) is 9.88 Å². The van der Waals surface area contributed by atoms with Crippen LogP contribution in [0.2, 0.25) is 0 Å². The Hall–Kier alpha value is -2.48. The molecule has 2 N–H and O–H groups in total. The summed E-state index contributed by atoms with van der Waals surface area (Å²) in [5.41, 5.74) is 0.961. The SMILES string of the molecule is O=C(O)[C@@H]1CCCN(C(=O)Nc2ncc(Cc3ccc(F)cc3)s2)C1. The van der Waals surface area contributed by atoms with Crippen molar-refractivity contribution in [2.45, 2.75) is 19.3 Å². The minimum absolute atomic E-state index is 0.217. The van der Waals surface area contributed by atoms with Crippen LogP contribution in [0.1, 0.15) is 23.3 Å². The number of carbonyl (C=O) groups excluding carboxylic acids is 1. The molecule has 0 bridgehead atoms. The molecule has 0 spiro atoms. The summed E-state index contributed by atoms with van der Waals surface area (Å²) in [6.07, 6.45) is 3.56. The van der Waals surface area contributed by atoms with Crippen molar-refractivity contribution in [3.8, 4) is 0 Å². The van der Waals surface area contributed by atoms with E-state index in [0.717, 1.165) is 10.4 Å². The number of rotatable bonds is 4. The topological polar surface area (TPSA) is 82.5 Å². The van der Waals surface area contributed by atoms with Crippen LogP contribution in [0.15, 0.2) is 30.5 Å². The summed E-state index contributed by atoms with van der Waals surface area (Å²) >= 11 is 1.35. The van der Waals surface area contributed by atoms with Gasteiger partial charge in [0.1, 0.15) is 5.82 Å². The van der Waals surface area contributed by atoms with E-state index in [2.05, 4.69) is 10.3 Å². The fourth-order valence-electron chi connectivity index (χ4n) is 2.78. The molecule has 6 nitrogen and oxygen atoms in total. The fraction of sp³-hybridized carbons (Fsp3) is 0.353. The highest BCUT2D eigenvalue weighted by molar-refractivity contribution is 7.15. The fourth-order valence-corrected chi connectivity index (χ4v) is 3.62. The van der Waals surface area contributed by atoms with Gasteiger partial charge in [0.2, 0.25) is 0 Å². The Balaban J connectivity index is 1.58. The highest BCUT2D eigenvalue weighted by Crippen LogP contribution is 2.23. The van der Waals surface area contributed by atoms with Gasteiger partial charge in [0.15, 0.2) is 5.13 Å². The number of aromatic nitrogens is 1. The van der Waals surface area contributed by atoms with Crippen molar-refractivity contribution >= 4 is 28.5 Å². The van der Waals surface area contributed by atoms with Crippen molar-refractivity contribution in [1.29, 1.82) is 0 Å². The average Bonchev–Trinajstić information content (AvgIpc) is 3.04. The van der Waals surface area contributed by atoms with Crippen LogP contribution >= 0.6 is 11.3 Å². The first-order valence-corrected chi connectivity index (χ1v) is 8.81.